The van der Waals surface area contributed by atoms with Gasteiger partial charge in [-0.25, -0.2) is 0 Å². The zero-order valence-corrected chi connectivity index (χ0v) is 12.8. The van der Waals surface area contributed by atoms with E-state index in [1.165, 1.54) is 16.7 Å². The summed E-state index contributed by atoms with van der Waals surface area (Å²) in [5.74, 6) is 0.586. The Morgan fingerprint density at radius 3 is 2.82 bits per heavy atom. The zero-order valence-electron chi connectivity index (χ0n) is 12.8. The van der Waals surface area contributed by atoms with E-state index in [-0.39, 0.29) is 5.56 Å². The Morgan fingerprint density at radius 1 is 1.23 bits per heavy atom. The molecular formula is C16H17N5O. The van der Waals surface area contributed by atoms with Gasteiger partial charge in [-0.05, 0) is 43.0 Å². The standard InChI is InChI=1S/C16H17N5O/c1-9-6-11-4-5-21(13(11)7-10(9)2)16-18-14-12(15(22)19-16)8-17-20(14)3/h6-8H,4-5H2,1-3H3,(H,18,19,22). The molecule has 1 aliphatic heterocycles. The molecule has 0 saturated heterocycles. The van der Waals surface area contributed by atoms with Gasteiger partial charge >= 0.3 is 0 Å². The van der Waals surface area contributed by atoms with E-state index in [0.717, 1.165) is 18.7 Å². The fourth-order valence-corrected chi connectivity index (χ4v) is 3.03. The molecule has 0 bridgehead atoms. The van der Waals surface area contributed by atoms with Gasteiger partial charge in [0.25, 0.3) is 5.56 Å². The molecule has 0 unspecified atom stereocenters. The second-order valence-corrected chi connectivity index (χ2v) is 5.86. The van der Waals surface area contributed by atoms with Crippen molar-refractivity contribution < 1.29 is 0 Å². The van der Waals surface area contributed by atoms with E-state index >= 15 is 0 Å². The summed E-state index contributed by atoms with van der Waals surface area (Å²) in [6.45, 7) is 5.05. The van der Waals surface area contributed by atoms with E-state index in [1.807, 2.05) is 0 Å². The molecule has 22 heavy (non-hydrogen) atoms. The maximum absolute atomic E-state index is 12.2. The molecular weight excluding hydrogens is 278 g/mol. The van der Waals surface area contributed by atoms with Gasteiger partial charge in [-0.15, -0.1) is 0 Å². The van der Waals surface area contributed by atoms with Gasteiger partial charge in [0, 0.05) is 19.3 Å². The predicted molar refractivity (Wildman–Crippen MR) is 85.8 cm³/mol. The summed E-state index contributed by atoms with van der Waals surface area (Å²) in [6, 6.07) is 4.40. The lowest BCUT2D eigenvalue weighted by Crippen LogP contribution is -2.21. The minimum Gasteiger partial charge on any atom is -0.311 e. The molecule has 6 heteroatoms. The lowest BCUT2D eigenvalue weighted by molar-refractivity contribution is 0.783. The van der Waals surface area contributed by atoms with Gasteiger partial charge in [0.2, 0.25) is 5.95 Å². The summed E-state index contributed by atoms with van der Waals surface area (Å²) in [6.07, 6.45) is 2.51. The number of nitrogens with zero attached hydrogens (tertiary/aromatic N) is 4. The van der Waals surface area contributed by atoms with Crippen LogP contribution in [0, 0.1) is 13.8 Å². The summed E-state index contributed by atoms with van der Waals surface area (Å²) in [4.78, 5) is 21.8. The smallest absolute Gasteiger partial charge is 0.263 e. The Morgan fingerprint density at radius 2 is 2.00 bits per heavy atom. The van der Waals surface area contributed by atoms with Crippen LogP contribution in [0.3, 0.4) is 0 Å². The SMILES string of the molecule is Cc1cc2c(cc1C)N(c1nc3c(cnn3C)c(=O)[nH]1)CC2. The van der Waals surface area contributed by atoms with Crippen LogP contribution < -0.4 is 10.5 Å². The van der Waals surface area contributed by atoms with Crippen molar-refractivity contribution in [2.45, 2.75) is 20.3 Å². The number of fused-ring (bicyclic) bond motifs is 2. The second-order valence-electron chi connectivity index (χ2n) is 5.86. The van der Waals surface area contributed by atoms with Crippen molar-refractivity contribution in [3.63, 3.8) is 0 Å². The summed E-state index contributed by atoms with van der Waals surface area (Å²) in [5.41, 5.74) is 5.43. The highest BCUT2D eigenvalue weighted by molar-refractivity contribution is 5.76. The van der Waals surface area contributed by atoms with Crippen LogP contribution >= 0.6 is 0 Å². The minimum atomic E-state index is -0.148. The second kappa shape index (κ2) is 4.43. The van der Waals surface area contributed by atoms with Crippen molar-refractivity contribution in [3.8, 4) is 0 Å². The Bertz CT molecular complexity index is 953. The molecule has 1 aliphatic rings. The van der Waals surface area contributed by atoms with E-state index in [0.29, 0.717) is 17.0 Å². The topological polar surface area (TPSA) is 66.8 Å². The van der Waals surface area contributed by atoms with Gasteiger partial charge in [0.15, 0.2) is 5.65 Å². The van der Waals surface area contributed by atoms with Crippen molar-refractivity contribution in [1.82, 2.24) is 19.7 Å². The molecule has 0 fully saturated rings. The maximum Gasteiger partial charge on any atom is 0.263 e. The van der Waals surface area contributed by atoms with E-state index in [9.17, 15) is 4.79 Å². The van der Waals surface area contributed by atoms with Crippen LogP contribution in [0.25, 0.3) is 11.0 Å². The first kappa shape index (κ1) is 13.1. The third-order valence-corrected chi connectivity index (χ3v) is 4.44. The summed E-state index contributed by atoms with van der Waals surface area (Å²) >= 11 is 0. The summed E-state index contributed by atoms with van der Waals surface area (Å²) < 4.78 is 1.63. The van der Waals surface area contributed by atoms with Crippen LogP contribution in [0.5, 0.6) is 0 Å². The number of anilines is 2. The van der Waals surface area contributed by atoms with Crippen molar-refractivity contribution in [2.75, 3.05) is 11.4 Å². The highest BCUT2D eigenvalue weighted by Crippen LogP contribution is 2.34. The number of aryl methyl sites for hydroxylation is 3. The first-order valence-electron chi connectivity index (χ1n) is 7.34. The molecule has 1 N–H and O–H groups in total. The normalized spacial score (nSPS) is 13.9. The van der Waals surface area contributed by atoms with Gasteiger partial charge < -0.3 is 4.90 Å². The molecule has 0 spiro atoms. The van der Waals surface area contributed by atoms with Crippen LogP contribution in [-0.2, 0) is 13.5 Å². The molecule has 6 nitrogen and oxygen atoms in total. The van der Waals surface area contributed by atoms with E-state index in [2.05, 4.69) is 45.9 Å². The Kier molecular flexibility index (Phi) is 2.63. The molecule has 2 aromatic heterocycles. The number of H-pyrrole nitrogens is 1. The number of nitrogens with one attached hydrogen (secondary N) is 1. The Labute approximate surface area is 127 Å². The Hall–Kier alpha value is -2.63. The van der Waals surface area contributed by atoms with Crippen molar-refractivity contribution in [3.05, 3.63) is 45.4 Å². The minimum absolute atomic E-state index is 0.148. The first-order chi connectivity index (χ1) is 10.5. The van der Waals surface area contributed by atoms with Gasteiger partial charge in [-0.3, -0.25) is 14.5 Å². The summed E-state index contributed by atoms with van der Waals surface area (Å²) in [5, 5.41) is 4.63. The van der Waals surface area contributed by atoms with Crippen molar-refractivity contribution in [2.24, 2.45) is 7.05 Å². The third-order valence-electron chi connectivity index (χ3n) is 4.44. The number of aromatic nitrogens is 4. The quantitative estimate of drug-likeness (QED) is 0.745. The first-order valence-corrected chi connectivity index (χ1v) is 7.34. The lowest BCUT2D eigenvalue weighted by Gasteiger charge is -2.18. The molecule has 0 atom stereocenters. The lowest BCUT2D eigenvalue weighted by atomic mass is 10.0. The van der Waals surface area contributed by atoms with E-state index < -0.39 is 0 Å². The van der Waals surface area contributed by atoms with E-state index in [1.54, 1.807) is 17.9 Å². The third kappa shape index (κ3) is 1.76. The van der Waals surface area contributed by atoms with Crippen LogP contribution in [0.1, 0.15) is 16.7 Å². The van der Waals surface area contributed by atoms with Gasteiger partial charge in [-0.1, -0.05) is 6.07 Å². The highest BCUT2D eigenvalue weighted by atomic mass is 16.1. The predicted octanol–water partition coefficient (Wildman–Crippen LogP) is 1.97. The van der Waals surface area contributed by atoms with Crippen LogP contribution in [0.4, 0.5) is 11.6 Å². The number of benzene rings is 1. The highest BCUT2D eigenvalue weighted by Gasteiger charge is 2.24. The number of hydrogen-bond donors (Lipinski definition) is 1. The number of hydrogen-bond acceptors (Lipinski definition) is 4. The summed E-state index contributed by atoms with van der Waals surface area (Å²) in [7, 11) is 1.80. The van der Waals surface area contributed by atoms with Gasteiger partial charge in [0.1, 0.15) is 5.39 Å². The van der Waals surface area contributed by atoms with Gasteiger partial charge in [0.05, 0.1) is 6.20 Å². The molecule has 112 valence electrons. The molecule has 1 aromatic carbocycles. The fourth-order valence-electron chi connectivity index (χ4n) is 3.03. The maximum atomic E-state index is 12.2. The molecule has 4 rings (SSSR count). The number of rotatable bonds is 1. The Balaban J connectivity index is 1.90. The van der Waals surface area contributed by atoms with Crippen LogP contribution in [-0.4, -0.2) is 26.3 Å². The monoisotopic (exact) mass is 295 g/mol. The van der Waals surface area contributed by atoms with Gasteiger partial charge in [-0.2, -0.15) is 10.1 Å². The zero-order chi connectivity index (χ0) is 15.4. The van der Waals surface area contributed by atoms with Crippen molar-refractivity contribution in [1.29, 1.82) is 0 Å². The molecule has 0 amide bonds. The van der Waals surface area contributed by atoms with Crippen molar-refractivity contribution >= 4 is 22.7 Å². The fraction of sp³-hybridized carbons (Fsp3) is 0.312. The van der Waals surface area contributed by atoms with Crippen LogP contribution in [0.15, 0.2) is 23.1 Å². The largest absolute Gasteiger partial charge is 0.311 e. The van der Waals surface area contributed by atoms with E-state index in [4.69, 9.17) is 0 Å². The van der Waals surface area contributed by atoms with Crippen LogP contribution in [0.2, 0.25) is 0 Å². The molecule has 3 heterocycles. The average molecular weight is 295 g/mol. The average Bonchev–Trinajstić information content (AvgIpc) is 3.04. The molecule has 0 saturated carbocycles. The molecule has 0 radical (unpaired) electrons. The molecule has 0 aliphatic carbocycles. The number of aromatic amines is 1. The molecule has 3 aromatic rings.